The van der Waals surface area contributed by atoms with Gasteiger partial charge < -0.3 is 13.4 Å². The van der Waals surface area contributed by atoms with Crippen LogP contribution in [0, 0.1) is 0 Å². The van der Waals surface area contributed by atoms with Gasteiger partial charge in [-0.3, -0.25) is 0 Å². The summed E-state index contributed by atoms with van der Waals surface area (Å²) in [4.78, 5) is 15.2. The number of aromatic nitrogens is 4. The normalized spacial score (nSPS) is 11.9. The van der Waals surface area contributed by atoms with Crippen molar-refractivity contribution in [3.63, 3.8) is 0 Å². The molecule has 7 aromatic carbocycles. The molecular formula is C45H26N4O2. The fourth-order valence-corrected chi connectivity index (χ4v) is 7.55. The van der Waals surface area contributed by atoms with Crippen LogP contribution in [0.25, 0.3) is 106 Å². The van der Waals surface area contributed by atoms with Gasteiger partial charge in [0.2, 0.25) is 0 Å². The standard InChI is InChI=1S/C45H26N4O2/c1-2-11-27(12-3-1)43-46-44(28-21-23-33-32-15-6-9-19-38(32)51-41(33)25-28)48-45(47-43)34-16-10-20-40-42(34)35-26-29(22-24-39(35)50-40)49-36-17-7-4-13-30(36)31-14-5-8-18-37(31)49/h1-26H. The molecule has 11 rings (SSSR count). The van der Waals surface area contributed by atoms with E-state index in [1.54, 1.807) is 0 Å². The van der Waals surface area contributed by atoms with Gasteiger partial charge in [0.1, 0.15) is 22.3 Å². The molecule has 0 unspecified atom stereocenters. The number of benzene rings is 7. The van der Waals surface area contributed by atoms with Gasteiger partial charge in [0.15, 0.2) is 17.5 Å². The fourth-order valence-electron chi connectivity index (χ4n) is 7.55. The van der Waals surface area contributed by atoms with Crippen LogP contribution in [0.4, 0.5) is 0 Å². The quantitative estimate of drug-likeness (QED) is 0.189. The lowest BCUT2D eigenvalue weighted by Gasteiger charge is -2.10. The van der Waals surface area contributed by atoms with Crippen molar-refractivity contribution >= 4 is 65.7 Å². The van der Waals surface area contributed by atoms with Gasteiger partial charge in [-0.2, -0.15) is 0 Å². The van der Waals surface area contributed by atoms with Gasteiger partial charge in [-0.25, -0.2) is 15.0 Å². The maximum atomic E-state index is 6.48. The molecule has 0 amide bonds. The Bertz CT molecular complexity index is 3100. The third-order valence-corrected chi connectivity index (χ3v) is 9.86. The highest BCUT2D eigenvalue weighted by Crippen LogP contribution is 2.40. The van der Waals surface area contributed by atoms with Crippen molar-refractivity contribution in [2.24, 2.45) is 0 Å². The second kappa shape index (κ2) is 10.7. The Balaban J connectivity index is 1.14. The third-order valence-electron chi connectivity index (χ3n) is 9.86. The fraction of sp³-hybridized carbons (Fsp3) is 0. The third kappa shape index (κ3) is 4.26. The predicted molar refractivity (Wildman–Crippen MR) is 205 cm³/mol. The first kappa shape index (κ1) is 27.9. The highest BCUT2D eigenvalue weighted by Gasteiger charge is 2.20. The number of hydrogen-bond donors (Lipinski definition) is 0. The summed E-state index contributed by atoms with van der Waals surface area (Å²) in [5, 5.41) is 6.53. The Labute approximate surface area is 290 Å². The summed E-state index contributed by atoms with van der Waals surface area (Å²) in [6, 6.07) is 53.9. The SMILES string of the molecule is c1ccc(-c2nc(-c3ccc4c(c3)oc3ccccc34)nc(-c3cccc4oc5ccc(-n6c7ccccc7c7ccccc76)cc5c34)n2)cc1. The molecule has 6 nitrogen and oxygen atoms in total. The Morgan fingerprint density at radius 2 is 0.980 bits per heavy atom. The van der Waals surface area contributed by atoms with Crippen LogP contribution >= 0.6 is 0 Å². The van der Waals surface area contributed by atoms with E-state index < -0.39 is 0 Å². The van der Waals surface area contributed by atoms with Gasteiger partial charge in [0, 0.05) is 54.7 Å². The van der Waals surface area contributed by atoms with Crippen LogP contribution in [0.2, 0.25) is 0 Å². The number of hydrogen-bond acceptors (Lipinski definition) is 5. The minimum Gasteiger partial charge on any atom is -0.456 e. The number of para-hydroxylation sites is 3. The van der Waals surface area contributed by atoms with E-state index in [1.165, 1.54) is 10.8 Å². The molecule has 0 fully saturated rings. The maximum absolute atomic E-state index is 6.48. The van der Waals surface area contributed by atoms with E-state index in [-0.39, 0.29) is 0 Å². The molecule has 0 saturated carbocycles. The van der Waals surface area contributed by atoms with Gasteiger partial charge in [-0.15, -0.1) is 0 Å². The predicted octanol–water partition coefficient (Wildman–Crippen LogP) is 11.8. The Kier molecular flexibility index (Phi) is 5.86. The van der Waals surface area contributed by atoms with Crippen LogP contribution in [0.15, 0.2) is 167 Å². The molecule has 0 radical (unpaired) electrons. The van der Waals surface area contributed by atoms with Crippen molar-refractivity contribution in [1.82, 2.24) is 19.5 Å². The summed E-state index contributed by atoms with van der Waals surface area (Å²) in [5.74, 6) is 1.73. The molecule has 4 aromatic heterocycles. The zero-order chi connectivity index (χ0) is 33.5. The number of furan rings is 2. The van der Waals surface area contributed by atoms with Gasteiger partial charge in [-0.05, 0) is 54.6 Å². The monoisotopic (exact) mass is 654 g/mol. The van der Waals surface area contributed by atoms with E-state index >= 15 is 0 Å². The van der Waals surface area contributed by atoms with Crippen LogP contribution in [0.3, 0.4) is 0 Å². The average Bonchev–Trinajstić information content (AvgIpc) is 3.87. The van der Waals surface area contributed by atoms with Crippen molar-refractivity contribution < 1.29 is 8.83 Å². The zero-order valence-corrected chi connectivity index (χ0v) is 27.1. The number of rotatable bonds is 4. The van der Waals surface area contributed by atoms with E-state index in [9.17, 15) is 0 Å². The average molecular weight is 655 g/mol. The largest absolute Gasteiger partial charge is 0.456 e. The van der Waals surface area contributed by atoms with E-state index in [1.807, 2.05) is 66.7 Å². The summed E-state index contributed by atoms with van der Waals surface area (Å²) in [7, 11) is 0. The molecule has 51 heavy (non-hydrogen) atoms. The smallest absolute Gasteiger partial charge is 0.164 e. The second-order valence-corrected chi connectivity index (χ2v) is 12.8. The van der Waals surface area contributed by atoms with Crippen LogP contribution in [-0.4, -0.2) is 19.5 Å². The molecule has 0 aliphatic heterocycles. The Hall–Kier alpha value is -7.05. The van der Waals surface area contributed by atoms with Crippen LogP contribution in [0.5, 0.6) is 0 Å². The van der Waals surface area contributed by atoms with Gasteiger partial charge in [0.05, 0.1) is 11.0 Å². The van der Waals surface area contributed by atoms with Crippen molar-refractivity contribution in [3.05, 3.63) is 158 Å². The lowest BCUT2D eigenvalue weighted by molar-refractivity contribution is 0.668. The van der Waals surface area contributed by atoms with Crippen molar-refractivity contribution in [1.29, 1.82) is 0 Å². The maximum Gasteiger partial charge on any atom is 0.164 e. The van der Waals surface area contributed by atoms with E-state index in [2.05, 4.69) is 95.6 Å². The van der Waals surface area contributed by atoms with E-state index in [4.69, 9.17) is 23.8 Å². The molecule has 4 heterocycles. The highest BCUT2D eigenvalue weighted by atomic mass is 16.3. The Morgan fingerprint density at radius 3 is 1.78 bits per heavy atom. The van der Waals surface area contributed by atoms with Crippen LogP contribution < -0.4 is 0 Å². The van der Waals surface area contributed by atoms with Crippen LogP contribution in [0.1, 0.15) is 0 Å². The molecule has 11 aromatic rings. The molecule has 238 valence electrons. The van der Waals surface area contributed by atoms with E-state index in [0.717, 1.165) is 77.3 Å². The van der Waals surface area contributed by atoms with Gasteiger partial charge in [-0.1, -0.05) is 103 Å². The minimum absolute atomic E-state index is 0.567. The van der Waals surface area contributed by atoms with Crippen molar-refractivity contribution in [3.8, 4) is 39.9 Å². The molecule has 0 atom stereocenters. The molecule has 0 saturated heterocycles. The summed E-state index contributed by atoms with van der Waals surface area (Å²) in [6.07, 6.45) is 0. The van der Waals surface area contributed by atoms with E-state index in [0.29, 0.717) is 17.5 Å². The van der Waals surface area contributed by atoms with Crippen LogP contribution in [-0.2, 0) is 0 Å². The molecular weight excluding hydrogens is 629 g/mol. The molecule has 0 aliphatic carbocycles. The highest BCUT2D eigenvalue weighted by molar-refractivity contribution is 6.14. The number of nitrogens with zero attached hydrogens (tertiary/aromatic N) is 4. The molecule has 0 spiro atoms. The first-order chi connectivity index (χ1) is 25.3. The minimum atomic E-state index is 0.567. The summed E-state index contributed by atoms with van der Waals surface area (Å²) in [6.45, 7) is 0. The Morgan fingerprint density at radius 1 is 0.373 bits per heavy atom. The zero-order valence-electron chi connectivity index (χ0n) is 27.1. The first-order valence-electron chi connectivity index (χ1n) is 16.9. The summed E-state index contributed by atoms with van der Waals surface area (Å²) < 4.78 is 15.1. The molecule has 6 heteroatoms. The second-order valence-electron chi connectivity index (χ2n) is 12.8. The first-order valence-corrected chi connectivity index (χ1v) is 16.9. The topological polar surface area (TPSA) is 69.9 Å². The number of fused-ring (bicyclic) bond motifs is 9. The summed E-state index contributed by atoms with van der Waals surface area (Å²) in [5.41, 5.74) is 9.20. The van der Waals surface area contributed by atoms with Gasteiger partial charge >= 0.3 is 0 Å². The van der Waals surface area contributed by atoms with Crippen molar-refractivity contribution in [2.45, 2.75) is 0 Å². The lowest BCUT2D eigenvalue weighted by atomic mass is 10.0. The summed E-state index contributed by atoms with van der Waals surface area (Å²) >= 11 is 0. The lowest BCUT2D eigenvalue weighted by Crippen LogP contribution is -2.00. The van der Waals surface area contributed by atoms with Gasteiger partial charge in [0.25, 0.3) is 0 Å². The molecule has 0 N–H and O–H groups in total. The molecule has 0 aliphatic rings. The molecule has 0 bridgehead atoms. The van der Waals surface area contributed by atoms with Crippen molar-refractivity contribution in [2.75, 3.05) is 0 Å².